The first-order valence-corrected chi connectivity index (χ1v) is 8.06. The Balaban J connectivity index is 1.77. The average molecular weight is 327 g/mol. The van der Waals surface area contributed by atoms with Gasteiger partial charge in [0.2, 0.25) is 0 Å². The number of hydrogen-bond acceptors (Lipinski definition) is 3. The van der Waals surface area contributed by atoms with Crippen molar-refractivity contribution >= 4 is 11.7 Å². The number of rotatable bonds is 7. The van der Waals surface area contributed by atoms with E-state index >= 15 is 0 Å². The highest BCUT2D eigenvalue weighted by Crippen LogP contribution is 2.15. The molecule has 0 aliphatic carbocycles. The molecule has 24 heavy (non-hydrogen) atoms. The fraction of sp³-hybridized carbons (Fsp3) is 0.316. The van der Waals surface area contributed by atoms with E-state index < -0.39 is 6.10 Å². The summed E-state index contributed by atoms with van der Waals surface area (Å²) in [6.45, 7) is 1.22. The largest absolute Gasteiger partial charge is 0.388 e. The third kappa shape index (κ3) is 6.02. The summed E-state index contributed by atoms with van der Waals surface area (Å²) in [5.41, 5.74) is 2.75. The van der Waals surface area contributed by atoms with Gasteiger partial charge < -0.3 is 20.6 Å². The van der Waals surface area contributed by atoms with Gasteiger partial charge in [-0.05, 0) is 43.8 Å². The number of nitrogens with one attached hydrogen (secondary N) is 2. The highest BCUT2D eigenvalue weighted by atomic mass is 16.3. The summed E-state index contributed by atoms with van der Waals surface area (Å²) in [5.74, 6) is 0. The highest BCUT2D eigenvalue weighted by Gasteiger charge is 2.08. The van der Waals surface area contributed by atoms with Gasteiger partial charge in [0.05, 0.1) is 6.10 Å². The Hall–Kier alpha value is -2.37. The van der Waals surface area contributed by atoms with Gasteiger partial charge in [-0.2, -0.15) is 0 Å². The summed E-state index contributed by atoms with van der Waals surface area (Å²) in [7, 11) is 4.01. The van der Waals surface area contributed by atoms with Crippen LogP contribution in [0.1, 0.15) is 23.7 Å². The van der Waals surface area contributed by atoms with Crippen LogP contribution in [0.15, 0.2) is 54.6 Å². The molecule has 1 atom stereocenters. The van der Waals surface area contributed by atoms with Crippen LogP contribution in [-0.4, -0.2) is 36.7 Å². The van der Waals surface area contributed by atoms with E-state index in [2.05, 4.69) is 15.5 Å². The van der Waals surface area contributed by atoms with Gasteiger partial charge in [-0.25, -0.2) is 4.79 Å². The molecule has 0 bridgehead atoms. The van der Waals surface area contributed by atoms with Crippen LogP contribution in [0.5, 0.6) is 0 Å². The molecular weight excluding hydrogens is 302 g/mol. The maximum atomic E-state index is 11.9. The van der Waals surface area contributed by atoms with Gasteiger partial charge in [0.1, 0.15) is 0 Å². The number of carbonyl (C=O) groups is 1. The molecule has 0 saturated heterocycles. The third-order valence-corrected chi connectivity index (χ3v) is 3.57. The molecule has 0 heterocycles. The second-order valence-corrected chi connectivity index (χ2v) is 6.03. The molecule has 5 nitrogen and oxygen atoms in total. The molecular formula is C19H25N3O2. The lowest BCUT2D eigenvalue weighted by Crippen LogP contribution is -2.30. The summed E-state index contributed by atoms with van der Waals surface area (Å²) in [5, 5.41) is 15.7. The van der Waals surface area contributed by atoms with Crippen molar-refractivity contribution in [1.29, 1.82) is 0 Å². The van der Waals surface area contributed by atoms with Gasteiger partial charge in [0, 0.05) is 18.8 Å². The number of nitrogens with zero attached hydrogens (tertiary/aromatic N) is 1. The van der Waals surface area contributed by atoms with E-state index in [1.54, 1.807) is 0 Å². The summed E-state index contributed by atoms with van der Waals surface area (Å²) in [4.78, 5) is 14.0. The Bertz CT molecular complexity index is 644. The predicted octanol–water partition coefficient (Wildman–Crippen LogP) is 2.99. The second-order valence-electron chi connectivity index (χ2n) is 6.03. The molecule has 2 rings (SSSR count). The van der Waals surface area contributed by atoms with Crippen LogP contribution < -0.4 is 10.6 Å². The Labute approximate surface area is 143 Å². The number of aliphatic hydroxyl groups excluding tert-OH is 1. The first-order chi connectivity index (χ1) is 11.5. The number of benzene rings is 2. The minimum absolute atomic E-state index is 0.266. The molecule has 5 heteroatoms. The van der Waals surface area contributed by atoms with Crippen LogP contribution in [-0.2, 0) is 6.54 Å². The Kier molecular flexibility index (Phi) is 6.78. The SMILES string of the molecule is CN(C)Cc1cccc(NC(=O)NCCC(O)c2ccccc2)c1. The van der Waals surface area contributed by atoms with E-state index in [0.29, 0.717) is 13.0 Å². The quantitative estimate of drug-likeness (QED) is 0.732. The fourth-order valence-electron chi connectivity index (χ4n) is 2.45. The lowest BCUT2D eigenvalue weighted by Gasteiger charge is -2.13. The van der Waals surface area contributed by atoms with Crippen molar-refractivity contribution in [2.75, 3.05) is 26.0 Å². The van der Waals surface area contributed by atoms with E-state index in [4.69, 9.17) is 0 Å². The fourth-order valence-corrected chi connectivity index (χ4v) is 2.45. The Morgan fingerprint density at radius 3 is 2.58 bits per heavy atom. The van der Waals surface area contributed by atoms with Gasteiger partial charge in [-0.15, -0.1) is 0 Å². The van der Waals surface area contributed by atoms with Crippen molar-refractivity contribution in [3.63, 3.8) is 0 Å². The van der Waals surface area contributed by atoms with Crippen LogP contribution in [0.4, 0.5) is 10.5 Å². The van der Waals surface area contributed by atoms with E-state index in [0.717, 1.165) is 23.4 Å². The maximum absolute atomic E-state index is 11.9. The summed E-state index contributed by atoms with van der Waals surface area (Å²) >= 11 is 0. The van der Waals surface area contributed by atoms with Gasteiger partial charge >= 0.3 is 6.03 Å². The number of amides is 2. The molecule has 128 valence electrons. The molecule has 0 saturated carbocycles. The second kappa shape index (κ2) is 9.05. The topological polar surface area (TPSA) is 64.6 Å². The Morgan fingerprint density at radius 1 is 1.12 bits per heavy atom. The van der Waals surface area contributed by atoms with Gasteiger partial charge in [0.15, 0.2) is 0 Å². The molecule has 0 aliphatic heterocycles. The predicted molar refractivity (Wildman–Crippen MR) is 96.9 cm³/mol. The normalized spacial score (nSPS) is 12.0. The zero-order valence-corrected chi connectivity index (χ0v) is 14.2. The smallest absolute Gasteiger partial charge is 0.319 e. The highest BCUT2D eigenvalue weighted by molar-refractivity contribution is 5.89. The molecule has 1 unspecified atom stereocenters. The molecule has 3 N–H and O–H groups in total. The average Bonchev–Trinajstić information content (AvgIpc) is 2.55. The van der Waals surface area contributed by atoms with E-state index in [1.165, 1.54) is 0 Å². The third-order valence-electron chi connectivity index (χ3n) is 3.57. The summed E-state index contributed by atoms with van der Waals surface area (Å²) in [6, 6.07) is 16.9. The van der Waals surface area contributed by atoms with E-state index in [1.807, 2.05) is 68.7 Å². The van der Waals surface area contributed by atoms with Crippen LogP contribution in [0.25, 0.3) is 0 Å². The van der Waals surface area contributed by atoms with Crippen LogP contribution >= 0.6 is 0 Å². The van der Waals surface area contributed by atoms with Gasteiger partial charge in [-0.3, -0.25) is 0 Å². The van der Waals surface area contributed by atoms with Gasteiger partial charge in [0.25, 0.3) is 0 Å². The molecule has 0 fully saturated rings. The van der Waals surface area contributed by atoms with Crippen molar-refractivity contribution < 1.29 is 9.90 Å². The molecule has 2 aromatic rings. The molecule has 0 aromatic heterocycles. The lowest BCUT2D eigenvalue weighted by molar-refractivity contribution is 0.167. The standard InChI is InChI=1S/C19H25N3O2/c1-22(2)14-15-7-6-10-17(13-15)21-19(24)20-12-11-18(23)16-8-4-3-5-9-16/h3-10,13,18,23H,11-12,14H2,1-2H3,(H2,20,21,24). The molecule has 0 spiro atoms. The molecule has 2 aromatic carbocycles. The van der Waals surface area contributed by atoms with Gasteiger partial charge in [-0.1, -0.05) is 42.5 Å². The zero-order chi connectivity index (χ0) is 17.4. The molecule has 0 aliphatic rings. The first kappa shape index (κ1) is 18.0. The van der Waals surface area contributed by atoms with E-state index in [9.17, 15) is 9.90 Å². The van der Waals surface area contributed by atoms with Crippen LogP contribution in [0.3, 0.4) is 0 Å². The van der Waals surface area contributed by atoms with Crippen LogP contribution in [0.2, 0.25) is 0 Å². The van der Waals surface area contributed by atoms with Crippen molar-refractivity contribution in [2.24, 2.45) is 0 Å². The number of carbonyl (C=O) groups excluding carboxylic acids is 1. The monoisotopic (exact) mass is 327 g/mol. The maximum Gasteiger partial charge on any atom is 0.319 e. The van der Waals surface area contributed by atoms with Crippen molar-refractivity contribution in [2.45, 2.75) is 19.1 Å². The summed E-state index contributed by atoms with van der Waals surface area (Å²) < 4.78 is 0. The lowest BCUT2D eigenvalue weighted by atomic mass is 10.1. The zero-order valence-electron chi connectivity index (χ0n) is 14.2. The van der Waals surface area contributed by atoms with Crippen molar-refractivity contribution in [1.82, 2.24) is 10.2 Å². The molecule has 2 amide bonds. The minimum atomic E-state index is -0.574. The number of aliphatic hydroxyl groups is 1. The van der Waals surface area contributed by atoms with Crippen molar-refractivity contribution in [3.8, 4) is 0 Å². The number of urea groups is 1. The number of anilines is 1. The summed E-state index contributed by atoms with van der Waals surface area (Å²) in [6.07, 6.45) is -0.104. The first-order valence-electron chi connectivity index (χ1n) is 8.06. The molecule has 0 radical (unpaired) electrons. The van der Waals surface area contributed by atoms with E-state index in [-0.39, 0.29) is 6.03 Å². The number of hydrogen-bond donors (Lipinski definition) is 3. The van der Waals surface area contributed by atoms with Crippen molar-refractivity contribution in [3.05, 3.63) is 65.7 Å². The minimum Gasteiger partial charge on any atom is -0.388 e. The Morgan fingerprint density at radius 2 is 1.88 bits per heavy atom. The van der Waals surface area contributed by atoms with Crippen LogP contribution in [0, 0.1) is 0 Å².